The van der Waals surface area contributed by atoms with Gasteiger partial charge in [0, 0.05) is 11.9 Å². The number of urea groups is 1. The molecule has 1 aromatic rings. The van der Waals surface area contributed by atoms with E-state index in [9.17, 15) is 4.79 Å². The van der Waals surface area contributed by atoms with E-state index in [2.05, 4.69) is 43.5 Å². The van der Waals surface area contributed by atoms with Gasteiger partial charge in [-0.3, -0.25) is 0 Å². The van der Waals surface area contributed by atoms with E-state index < -0.39 is 0 Å². The summed E-state index contributed by atoms with van der Waals surface area (Å²) >= 11 is 0. The molecule has 1 aliphatic rings. The Labute approximate surface area is 115 Å². The number of carbonyl (C=O) groups is 1. The zero-order valence-corrected chi connectivity index (χ0v) is 11.9. The minimum absolute atomic E-state index is 0.00766. The first-order chi connectivity index (χ1) is 8.97. The molecule has 2 amide bonds. The summed E-state index contributed by atoms with van der Waals surface area (Å²) in [7, 11) is 0. The van der Waals surface area contributed by atoms with E-state index in [-0.39, 0.29) is 11.4 Å². The van der Waals surface area contributed by atoms with Crippen molar-refractivity contribution in [2.24, 2.45) is 5.92 Å². The van der Waals surface area contributed by atoms with E-state index in [1.165, 1.54) is 12.8 Å². The molecule has 0 spiro atoms. The van der Waals surface area contributed by atoms with Crippen molar-refractivity contribution in [3.05, 3.63) is 42.1 Å². The summed E-state index contributed by atoms with van der Waals surface area (Å²) in [6.07, 6.45) is 6.28. The van der Waals surface area contributed by atoms with Gasteiger partial charge < -0.3 is 10.6 Å². The molecule has 0 atom stereocenters. The SMILES string of the molecule is CC(C)(C)c1ccccc1NC(=O)N/C=C/C1CC1. The zero-order valence-electron chi connectivity index (χ0n) is 11.9. The van der Waals surface area contributed by atoms with Gasteiger partial charge in [0.05, 0.1) is 0 Å². The molecule has 0 radical (unpaired) electrons. The molecule has 2 N–H and O–H groups in total. The maximum atomic E-state index is 11.8. The van der Waals surface area contributed by atoms with Crippen LogP contribution in [0.25, 0.3) is 0 Å². The highest BCUT2D eigenvalue weighted by atomic mass is 16.2. The van der Waals surface area contributed by atoms with Gasteiger partial charge in [-0.2, -0.15) is 0 Å². The first kappa shape index (κ1) is 13.7. The molecular formula is C16H22N2O. The Kier molecular flexibility index (Phi) is 3.93. The zero-order chi connectivity index (χ0) is 13.9. The Morgan fingerprint density at radius 1 is 1.26 bits per heavy atom. The van der Waals surface area contributed by atoms with Crippen LogP contribution in [0.4, 0.5) is 10.5 Å². The molecule has 0 saturated heterocycles. The van der Waals surface area contributed by atoms with Crippen LogP contribution in [0, 0.1) is 5.92 Å². The Morgan fingerprint density at radius 3 is 2.58 bits per heavy atom. The van der Waals surface area contributed by atoms with Crippen LogP contribution in [0.3, 0.4) is 0 Å². The number of hydrogen-bond donors (Lipinski definition) is 2. The predicted molar refractivity (Wildman–Crippen MR) is 79.2 cm³/mol. The topological polar surface area (TPSA) is 41.1 Å². The third kappa shape index (κ3) is 4.12. The highest BCUT2D eigenvalue weighted by Gasteiger charge is 2.19. The Morgan fingerprint density at radius 2 is 1.95 bits per heavy atom. The van der Waals surface area contributed by atoms with Gasteiger partial charge in [0.2, 0.25) is 0 Å². The Hall–Kier alpha value is -1.77. The van der Waals surface area contributed by atoms with E-state index in [1.807, 2.05) is 18.2 Å². The molecule has 1 saturated carbocycles. The van der Waals surface area contributed by atoms with Gasteiger partial charge in [0.1, 0.15) is 0 Å². The molecule has 102 valence electrons. The number of hydrogen-bond acceptors (Lipinski definition) is 1. The second-order valence-corrected chi connectivity index (χ2v) is 6.09. The van der Waals surface area contributed by atoms with E-state index in [0.29, 0.717) is 5.92 Å². The lowest BCUT2D eigenvalue weighted by Crippen LogP contribution is -2.26. The van der Waals surface area contributed by atoms with Gasteiger partial charge in [-0.05, 0) is 35.8 Å². The van der Waals surface area contributed by atoms with Crippen molar-refractivity contribution >= 4 is 11.7 Å². The maximum Gasteiger partial charge on any atom is 0.323 e. The average Bonchev–Trinajstić information content (AvgIpc) is 3.12. The van der Waals surface area contributed by atoms with Gasteiger partial charge in [-0.1, -0.05) is 45.0 Å². The first-order valence-corrected chi connectivity index (χ1v) is 6.80. The second kappa shape index (κ2) is 5.47. The fraction of sp³-hybridized carbons (Fsp3) is 0.438. The monoisotopic (exact) mass is 258 g/mol. The summed E-state index contributed by atoms with van der Waals surface area (Å²) in [6, 6.07) is 7.73. The largest absolute Gasteiger partial charge is 0.323 e. The minimum Gasteiger partial charge on any atom is -0.315 e. The normalized spacial score (nSPS) is 15.5. The molecule has 19 heavy (non-hydrogen) atoms. The standard InChI is InChI=1S/C16H22N2O/c1-16(2,3)13-6-4-5-7-14(13)18-15(19)17-11-10-12-8-9-12/h4-7,10-12H,8-9H2,1-3H3,(H2,17,18,19)/b11-10+. The van der Waals surface area contributed by atoms with E-state index >= 15 is 0 Å². The molecule has 2 rings (SSSR count). The van der Waals surface area contributed by atoms with Crippen LogP contribution in [0.15, 0.2) is 36.5 Å². The number of nitrogens with one attached hydrogen (secondary N) is 2. The number of para-hydroxylation sites is 1. The molecule has 0 aromatic heterocycles. The van der Waals surface area contributed by atoms with E-state index in [4.69, 9.17) is 0 Å². The summed E-state index contributed by atoms with van der Waals surface area (Å²) in [6.45, 7) is 6.41. The van der Waals surface area contributed by atoms with Crippen LogP contribution in [0.5, 0.6) is 0 Å². The summed E-state index contributed by atoms with van der Waals surface area (Å²) in [5.41, 5.74) is 2.01. The molecule has 0 aliphatic heterocycles. The molecule has 0 heterocycles. The van der Waals surface area contributed by atoms with Gasteiger partial charge >= 0.3 is 6.03 Å². The van der Waals surface area contributed by atoms with Crippen LogP contribution < -0.4 is 10.6 Å². The maximum absolute atomic E-state index is 11.8. The smallest absolute Gasteiger partial charge is 0.315 e. The van der Waals surface area contributed by atoms with Crippen molar-refractivity contribution in [2.75, 3.05) is 5.32 Å². The molecule has 1 fully saturated rings. The van der Waals surface area contributed by atoms with Crippen LogP contribution in [-0.2, 0) is 5.41 Å². The number of amides is 2. The molecular weight excluding hydrogens is 236 g/mol. The quantitative estimate of drug-likeness (QED) is 0.844. The lowest BCUT2D eigenvalue weighted by Gasteiger charge is -2.22. The van der Waals surface area contributed by atoms with Crippen molar-refractivity contribution in [1.29, 1.82) is 0 Å². The van der Waals surface area contributed by atoms with Crippen molar-refractivity contribution < 1.29 is 4.79 Å². The third-order valence-corrected chi connectivity index (χ3v) is 3.19. The van der Waals surface area contributed by atoms with Crippen molar-refractivity contribution in [1.82, 2.24) is 5.32 Å². The summed E-state index contributed by atoms with van der Waals surface area (Å²) in [5.74, 6) is 0.669. The molecule has 0 bridgehead atoms. The van der Waals surface area contributed by atoms with Gasteiger partial charge in [-0.15, -0.1) is 0 Å². The van der Waals surface area contributed by atoms with Gasteiger partial charge in [-0.25, -0.2) is 4.79 Å². The van der Waals surface area contributed by atoms with Gasteiger partial charge in [0.25, 0.3) is 0 Å². The highest BCUT2D eigenvalue weighted by Crippen LogP contribution is 2.30. The Bertz CT molecular complexity index is 482. The van der Waals surface area contributed by atoms with Crippen molar-refractivity contribution in [2.45, 2.75) is 39.0 Å². The molecule has 3 nitrogen and oxygen atoms in total. The lowest BCUT2D eigenvalue weighted by atomic mass is 9.86. The van der Waals surface area contributed by atoms with Gasteiger partial charge in [0.15, 0.2) is 0 Å². The summed E-state index contributed by atoms with van der Waals surface area (Å²) in [5, 5.41) is 5.66. The van der Waals surface area contributed by atoms with Crippen LogP contribution in [-0.4, -0.2) is 6.03 Å². The predicted octanol–water partition coefficient (Wildman–Crippen LogP) is 4.03. The van der Waals surface area contributed by atoms with Crippen LogP contribution in [0.2, 0.25) is 0 Å². The number of benzene rings is 1. The van der Waals surface area contributed by atoms with E-state index in [1.54, 1.807) is 6.20 Å². The van der Waals surface area contributed by atoms with E-state index in [0.717, 1.165) is 11.3 Å². The molecule has 0 unspecified atom stereocenters. The number of allylic oxidation sites excluding steroid dienone is 1. The van der Waals surface area contributed by atoms with Crippen molar-refractivity contribution in [3.8, 4) is 0 Å². The van der Waals surface area contributed by atoms with Crippen LogP contribution >= 0.6 is 0 Å². The lowest BCUT2D eigenvalue weighted by molar-refractivity contribution is 0.255. The minimum atomic E-state index is -0.186. The van der Waals surface area contributed by atoms with Crippen molar-refractivity contribution in [3.63, 3.8) is 0 Å². The number of rotatable bonds is 3. The fourth-order valence-electron chi connectivity index (χ4n) is 1.95. The van der Waals surface area contributed by atoms with Crippen LogP contribution in [0.1, 0.15) is 39.2 Å². The molecule has 3 heteroatoms. The molecule has 1 aromatic carbocycles. The third-order valence-electron chi connectivity index (χ3n) is 3.19. The summed E-state index contributed by atoms with van der Waals surface area (Å²) < 4.78 is 0. The summed E-state index contributed by atoms with van der Waals surface area (Å²) in [4.78, 5) is 11.8. The number of anilines is 1. The highest BCUT2D eigenvalue weighted by molar-refractivity contribution is 5.90. The first-order valence-electron chi connectivity index (χ1n) is 6.80. The Balaban J connectivity index is 1.99. The fourth-order valence-corrected chi connectivity index (χ4v) is 1.95. The molecule has 1 aliphatic carbocycles. The number of carbonyl (C=O) groups excluding carboxylic acids is 1. The average molecular weight is 258 g/mol. The second-order valence-electron chi connectivity index (χ2n) is 6.09.